The zero-order valence-corrected chi connectivity index (χ0v) is 22.8. The van der Waals surface area contributed by atoms with E-state index in [1.807, 2.05) is 13.8 Å². The Morgan fingerprint density at radius 1 is 1.18 bits per heavy atom. The van der Waals surface area contributed by atoms with E-state index < -0.39 is 64.0 Å². The molecule has 4 aliphatic rings. The molecule has 9 heteroatoms. The van der Waals surface area contributed by atoms with Crippen LogP contribution in [-0.2, 0) is 38.1 Å². The number of Topliss-reactive ketones (excluding diaryl/α,β-unsaturated/α-hetero) is 1. The highest BCUT2D eigenvalue weighted by Crippen LogP contribution is 2.71. The van der Waals surface area contributed by atoms with Crippen LogP contribution in [0.15, 0.2) is 35.2 Å². The SMILES string of the molecule is C=C1[C@H]2CC[C@]3(C)[C@@H](c4ccoc4)OC(=O)C[C@@]13O[C@@H]1CC(=O)C(C)(C)[C@@H]([C@H](OC(C)=O)C(=O)OC)[C@]21C. The van der Waals surface area contributed by atoms with Crippen molar-refractivity contribution in [2.24, 2.45) is 28.1 Å². The molecule has 4 fully saturated rings. The smallest absolute Gasteiger partial charge is 0.347 e. The van der Waals surface area contributed by atoms with Gasteiger partial charge in [0.15, 0.2) is 0 Å². The van der Waals surface area contributed by atoms with E-state index in [2.05, 4.69) is 6.58 Å². The van der Waals surface area contributed by atoms with Gasteiger partial charge in [-0.15, -0.1) is 0 Å². The first kappa shape index (κ1) is 26.7. The first-order valence-electron chi connectivity index (χ1n) is 13.1. The number of rotatable bonds is 4. The monoisotopic (exact) mass is 528 g/mol. The predicted octanol–water partition coefficient (Wildman–Crippen LogP) is 4.10. The van der Waals surface area contributed by atoms with E-state index in [-0.39, 0.29) is 24.5 Å². The first-order valence-corrected chi connectivity index (χ1v) is 13.1. The van der Waals surface area contributed by atoms with E-state index in [0.717, 1.165) is 11.1 Å². The third kappa shape index (κ3) is 3.33. The van der Waals surface area contributed by atoms with E-state index in [1.54, 1.807) is 32.4 Å². The zero-order valence-electron chi connectivity index (χ0n) is 22.8. The standard InChI is InChI=1S/C29H36O9/c1-15-18-8-10-27(5)24(17-9-11-35-14-17)37-21(32)13-29(15,27)38-20-12-19(31)26(3,4)23(28(18,20)6)22(25(33)34-7)36-16(2)30/h9,11,14,18,20,22-24H,1,8,10,12-13H2,2-7H3/t18-,20-,22+,23-,24-,27-,28-,29-/m1/s1. The molecule has 9 nitrogen and oxygen atoms in total. The summed E-state index contributed by atoms with van der Waals surface area (Å²) >= 11 is 0. The minimum atomic E-state index is -1.31. The van der Waals surface area contributed by atoms with Gasteiger partial charge in [-0.3, -0.25) is 14.4 Å². The van der Waals surface area contributed by atoms with E-state index >= 15 is 0 Å². The molecule has 2 aliphatic heterocycles. The number of carbonyl (C=O) groups is 4. The molecule has 1 aromatic heterocycles. The quantitative estimate of drug-likeness (QED) is 0.323. The molecule has 0 radical (unpaired) electrons. The minimum Gasteiger partial charge on any atom is -0.472 e. The van der Waals surface area contributed by atoms with Gasteiger partial charge in [0.1, 0.15) is 17.5 Å². The molecule has 3 heterocycles. The first-order chi connectivity index (χ1) is 17.7. The molecule has 38 heavy (non-hydrogen) atoms. The second-order valence-electron chi connectivity index (χ2n) is 12.3. The number of esters is 3. The maximum atomic E-state index is 13.7. The van der Waals surface area contributed by atoms with E-state index in [0.29, 0.717) is 12.8 Å². The Morgan fingerprint density at radius 3 is 2.50 bits per heavy atom. The van der Waals surface area contributed by atoms with Gasteiger partial charge in [-0.25, -0.2) is 4.79 Å². The van der Waals surface area contributed by atoms with Crippen LogP contribution in [0.5, 0.6) is 0 Å². The van der Waals surface area contributed by atoms with Crippen LogP contribution in [0.25, 0.3) is 0 Å². The summed E-state index contributed by atoms with van der Waals surface area (Å²) in [5, 5.41) is 0. The minimum absolute atomic E-state index is 0.0214. The normalized spacial score (nSPS) is 40.3. The summed E-state index contributed by atoms with van der Waals surface area (Å²) in [5.41, 5.74) is -2.10. The van der Waals surface area contributed by atoms with E-state index in [9.17, 15) is 19.2 Å². The average Bonchev–Trinajstić information content (AvgIpc) is 3.36. The van der Waals surface area contributed by atoms with Crippen molar-refractivity contribution in [2.45, 2.75) is 84.2 Å². The summed E-state index contributed by atoms with van der Waals surface area (Å²) in [6.07, 6.45) is 1.93. The molecule has 206 valence electrons. The van der Waals surface area contributed by atoms with Crippen molar-refractivity contribution < 1.29 is 42.5 Å². The number of ether oxygens (including phenoxy) is 4. The van der Waals surface area contributed by atoms with Crippen molar-refractivity contribution in [3.05, 3.63) is 36.3 Å². The molecule has 0 aromatic carbocycles. The van der Waals surface area contributed by atoms with Crippen LogP contribution >= 0.6 is 0 Å². The van der Waals surface area contributed by atoms with Gasteiger partial charge in [-0.05, 0) is 30.4 Å². The molecule has 5 rings (SSSR count). The van der Waals surface area contributed by atoms with Gasteiger partial charge in [-0.1, -0.05) is 34.3 Å². The maximum Gasteiger partial charge on any atom is 0.347 e. The van der Waals surface area contributed by atoms with Crippen molar-refractivity contribution >= 4 is 23.7 Å². The number of methoxy groups -OCH3 is 1. The highest BCUT2D eigenvalue weighted by atomic mass is 16.6. The molecular formula is C29H36O9. The molecule has 2 bridgehead atoms. The summed E-state index contributed by atoms with van der Waals surface area (Å²) < 4.78 is 28.8. The summed E-state index contributed by atoms with van der Waals surface area (Å²) in [7, 11) is 1.23. The molecule has 0 amide bonds. The molecule has 2 saturated heterocycles. The highest BCUT2D eigenvalue weighted by molar-refractivity contribution is 5.89. The second-order valence-corrected chi connectivity index (χ2v) is 12.3. The van der Waals surface area contributed by atoms with Crippen molar-refractivity contribution in [1.82, 2.24) is 0 Å². The molecule has 1 spiro atoms. The molecule has 0 N–H and O–H groups in total. The Morgan fingerprint density at radius 2 is 1.89 bits per heavy atom. The summed E-state index contributed by atoms with van der Waals surface area (Å²) in [5.74, 6) is -2.85. The third-order valence-electron chi connectivity index (χ3n) is 10.2. The largest absolute Gasteiger partial charge is 0.472 e. The van der Waals surface area contributed by atoms with E-state index in [1.165, 1.54) is 14.0 Å². The Bertz CT molecular complexity index is 1200. The fourth-order valence-electron chi connectivity index (χ4n) is 8.34. The number of hydrogen-bond donors (Lipinski definition) is 0. The third-order valence-corrected chi connectivity index (χ3v) is 10.2. The van der Waals surface area contributed by atoms with Gasteiger partial charge in [0, 0.05) is 41.1 Å². The lowest BCUT2D eigenvalue weighted by atomic mass is 9.41. The van der Waals surface area contributed by atoms with Gasteiger partial charge in [0.2, 0.25) is 6.10 Å². The number of carbonyl (C=O) groups excluding carboxylic acids is 4. The Labute approximate surface area is 222 Å². The second kappa shape index (κ2) is 8.53. The van der Waals surface area contributed by atoms with Gasteiger partial charge in [0.05, 0.1) is 32.2 Å². The average molecular weight is 529 g/mol. The van der Waals surface area contributed by atoms with Crippen LogP contribution < -0.4 is 0 Å². The van der Waals surface area contributed by atoms with Crippen molar-refractivity contribution in [1.29, 1.82) is 0 Å². The molecule has 8 atom stereocenters. The van der Waals surface area contributed by atoms with E-state index in [4.69, 9.17) is 23.4 Å². The van der Waals surface area contributed by atoms with Crippen molar-refractivity contribution in [2.75, 3.05) is 7.11 Å². The lowest BCUT2D eigenvalue weighted by Gasteiger charge is -2.70. The van der Waals surface area contributed by atoms with Gasteiger partial charge >= 0.3 is 17.9 Å². The van der Waals surface area contributed by atoms with Crippen LogP contribution in [0.4, 0.5) is 0 Å². The fraction of sp³-hybridized carbons (Fsp3) is 0.655. The maximum absolute atomic E-state index is 13.7. The van der Waals surface area contributed by atoms with Crippen molar-refractivity contribution in [3.63, 3.8) is 0 Å². The highest BCUT2D eigenvalue weighted by Gasteiger charge is 2.74. The Hall–Kier alpha value is -2.94. The lowest BCUT2D eigenvalue weighted by molar-refractivity contribution is -0.303. The number of hydrogen-bond acceptors (Lipinski definition) is 9. The summed E-state index contributed by atoms with van der Waals surface area (Å²) in [6, 6.07) is 1.78. The number of furan rings is 1. The molecule has 2 aliphatic carbocycles. The van der Waals surface area contributed by atoms with Gasteiger partial charge in [0.25, 0.3) is 0 Å². The number of fused-ring (bicyclic) bond motifs is 3. The lowest BCUT2D eigenvalue weighted by Crippen LogP contribution is -2.74. The molecule has 0 unspecified atom stereocenters. The van der Waals surface area contributed by atoms with Gasteiger partial charge < -0.3 is 23.4 Å². The topological polar surface area (TPSA) is 118 Å². The van der Waals surface area contributed by atoms with Crippen LogP contribution in [-0.4, -0.2) is 48.6 Å². The van der Waals surface area contributed by atoms with Crippen molar-refractivity contribution in [3.8, 4) is 0 Å². The summed E-state index contributed by atoms with van der Waals surface area (Å²) in [4.78, 5) is 52.0. The molecular weight excluding hydrogens is 492 g/mol. The molecule has 2 saturated carbocycles. The fourth-order valence-corrected chi connectivity index (χ4v) is 8.34. The van der Waals surface area contributed by atoms with Crippen LogP contribution in [0.1, 0.15) is 72.0 Å². The van der Waals surface area contributed by atoms with Crippen LogP contribution in [0, 0.1) is 28.1 Å². The van der Waals surface area contributed by atoms with Gasteiger partial charge in [-0.2, -0.15) is 0 Å². The predicted molar refractivity (Wildman–Crippen MR) is 132 cm³/mol. The zero-order chi connectivity index (χ0) is 27.8. The van der Waals surface area contributed by atoms with Crippen LogP contribution in [0.2, 0.25) is 0 Å². The Kier molecular flexibility index (Phi) is 5.98. The van der Waals surface area contributed by atoms with Crippen LogP contribution in [0.3, 0.4) is 0 Å². The summed E-state index contributed by atoms with van der Waals surface area (Å²) in [6.45, 7) is 13.4. The number of ketones is 1. The number of cyclic esters (lactones) is 1. The molecule has 1 aromatic rings. The Balaban J connectivity index is 1.66.